The Bertz CT molecular complexity index is 842. The molecule has 1 aromatic carbocycles. The third-order valence-electron chi connectivity index (χ3n) is 4.69. The molecule has 8 nitrogen and oxygen atoms in total. The number of hydrogen-bond acceptors (Lipinski definition) is 6. The summed E-state index contributed by atoms with van der Waals surface area (Å²) in [5.41, 5.74) is 6.13. The lowest BCUT2D eigenvalue weighted by Gasteiger charge is -2.22. The Morgan fingerprint density at radius 2 is 1.93 bits per heavy atom. The number of nitrogens with two attached hydrogens (primary N) is 1. The summed E-state index contributed by atoms with van der Waals surface area (Å²) in [5.74, 6) is -0.464. The first-order valence-electron chi connectivity index (χ1n) is 9.40. The van der Waals surface area contributed by atoms with Gasteiger partial charge >= 0.3 is 0 Å². The predicted molar refractivity (Wildman–Crippen MR) is 103 cm³/mol. The molecule has 0 radical (unpaired) electrons. The highest BCUT2D eigenvalue weighted by Crippen LogP contribution is 2.23. The van der Waals surface area contributed by atoms with Gasteiger partial charge in [0.1, 0.15) is 0 Å². The molecule has 1 unspecified atom stereocenters. The van der Waals surface area contributed by atoms with Crippen molar-refractivity contribution < 1.29 is 19.4 Å². The van der Waals surface area contributed by atoms with Crippen LogP contribution in [-0.4, -0.2) is 45.6 Å². The number of carbonyl (C=O) groups excluding carboxylic acids is 2. The van der Waals surface area contributed by atoms with E-state index in [2.05, 4.69) is 15.3 Å². The number of rotatable bonds is 2. The average Bonchev–Trinajstić information content (AvgIpc) is 2.71. The Morgan fingerprint density at radius 1 is 1.18 bits per heavy atom. The molecule has 1 aliphatic rings. The molecule has 0 spiro atoms. The van der Waals surface area contributed by atoms with Gasteiger partial charge in [-0.05, 0) is 18.9 Å². The first-order valence-corrected chi connectivity index (χ1v) is 9.40. The van der Waals surface area contributed by atoms with Crippen LogP contribution < -0.4 is 15.8 Å². The lowest BCUT2D eigenvalue weighted by Crippen LogP contribution is -2.49. The Kier molecular flexibility index (Phi) is 6.54. The number of aliphatic hydroxyl groups excluding tert-OH is 1. The van der Waals surface area contributed by atoms with Crippen LogP contribution in [0, 0.1) is 0 Å². The van der Waals surface area contributed by atoms with Crippen molar-refractivity contribution in [1.29, 1.82) is 0 Å². The van der Waals surface area contributed by atoms with Gasteiger partial charge in [0.25, 0.3) is 5.91 Å². The number of amides is 2. The van der Waals surface area contributed by atoms with Gasteiger partial charge < -0.3 is 20.9 Å². The van der Waals surface area contributed by atoms with Crippen molar-refractivity contribution in [3.8, 4) is 17.3 Å². The van der Waals surface area contributed by atoms with Crippen LogP contribution in [0.1, 0.15) is 42.5 Å². The first-order chi connectivity index (χ1) is 13.6. The first kappa shape index (κ1) is 19.8. The van der Waals surface area contributed by atoms with Crippen molar-refractivity contribution in [3.05, 3.63) is 42.1 Å². The molecule has 28 heavy (non-hydrogen) atoms. The monoisotopic (exact) mass is 384 g/mol. The van der Waals surface area contributed by atoms with E-state index >= 15 is 0 Å². The number of nitrogens with one attached hydrogen (secondary N) is 1. The van der Waals surface area contributed by atoms with Gasteiger partial charge in [0, 0.05) is 17.8 Å². The second-order valence-electron chi connectivity index (χ2n) is 6.74. The van der Waals surface area contributed by atoms with Crippen molar-refractivity contribution in [2.75, 3.05) is 6.61 Å². The molecule has 0 fully saturated rings. The normalized spacial score (nSPS) is 19.2. The van der Waals surface area contributed by atoms with Crippen molar-refractivity contribution in [2.45, 2.75) is 44.2 Å². The Labute approximate surface area is 163 Å². The summed E-state index contributed by atoms with van der Waals surface area (Å²) in [4.78, 5) is 33.1. The van der Waals surface area contributed by atoms with Crippen molar-refractivity contribution in [1.82, 2.24) is 15.3 Å². The van der Waals surface area contributed by atoms with Crippen molar-refractivity contribution in [3.63, 3.8) is 0 Å². The van der Waals surface area contributed by atoms with E-state index in [1.807, 2.05) is 0 Å². The number of nitrogens with zero attached hydrogens (tertiary/aromatic N) is 2. The molecule has 1 aliphatic heterocycles. The highest BCUT2D eigenvalue weighted by molar-refractivity contribution is 6.00. The summed E-state index contributed by atoms with van der Waals surface area (Å²) < 4.78 is 5.70. The van der Waals surface area contributed by atoms with Gasteiger partial charge in [-0.3, -0.25) is 9.59 Å². The zero-order valence-electron chi connectivity index (χ0n) is 15.5. The fourth-order valence-corrected chi connectivity index (χ4v) is 3.18. The van der Waals surface area contributed by atoms with Gasteiger partial charge in [0.2, 0.25) is 11.8 Å². The zero-order valence-corrected chi connectivity index (χ0v) is 15.5. The number of aromatic nitrogens is 2. The summed E-state index contributed by atoms with van der Waals surface area (Å²) in [6.07, 6.45) is 3.98. The summed E-state index contributed by atoms with van der Waals surface area (Å²) in [5, 5.41) is 12.9. The van der Waals surface area contributed by atoms with E-state index in [0.29, 0.717) is 35.9 Å². The zero-order chi connectivity index (χ0) is 19.9. The highest BCUT2D eigenvalue weighted by atomic mass is 16.5. The van der Waals surface area contributed by atoms with Crippen LogP contribution in [0.5, 0.6) is 5.88 Å². The predicted octanol–water partition coefficient (Wildman–Crippen LogP) is 1.43. The molecule has 2 aromatic rings. The summed E-state index contributed by atoms with van der Waals surface area (Å²) in [6, 6.07) is 7.83. The maximum atomic E-state index is 12.9. The minimum absolute atomic E-state index is 0.344. The molecule has 8 heteroatoms. The van der Waals surface area contributed by atoms with Gasteiger partial charge in [-0.25, -0.2) is 4.98 Å². The van der Waals surface area contributed by atoms with E-state index in [1.165, 1.54) is 0 Å². The highest BCUT2D eigenvalue weighted by Gasteiger charge is 2.27. The molecule has 148 valence electrons. The lowest BCUT2D eigenvalue weighted by atomic mass is 10.0. The molecule has 2 bridgehead atoms. The fraction of sp³-hybridized carbons (Fsp3) is 0.400. The number of ether oxygens (including phenoxy) is 1. The number of fused-ring (bicyclic) bond motifs is 4. The Hall–Kier alpha value is -3.00. The quantitative estimate of drug-likeness (QED) is 0.719. The second kappa shape index (κ2) is 9.27. The van der Waals surface area contributed by atoms with Gasteiger partial charge in [-0.2, -0.15) is 4.98 Å². The van der Waals surface area contributed by atoms with E-state index in [-0.39, 0.29) is 0 Å². The minimum Gasteiger partial charge on any atom is -0.478 e. The van der Waals surface area contributed by atoms with E-state index in [9.17, 15) is 14.7 Å². The number of carbonyl (C=O) groups is 2. The average molecular weight is 384 g/mol. The molecule has 1 aromatic heterocycles. The number of hydrogen-bond donors (Lipinski definition) is 3. The molecule has 2 amide bonds. The Morgan fingerprint density at radius 3 is 2.71 bits per heavy atom. The van der Waals surface area contributed by atoms with Crippen molar-refractivity contribution in [2.24, 2.45) is 5.73 Å². The molecule has 0 aliphatic carbocycles. The standard InChI is InChI=1S/C20H24N4O4/c21-18(26)17(25)15-9-3-1-2-6-12-28-16-10-11-22-19(24-16)13-7-4-5-8-14(13)20(27)23-15/h4-5,7-8,10-11,15,17,25H,1-3,6,9,12H2,(H2,21,26)(H,23,27)/t15-,17?/m0/s1. The lowest BCUT2D eigenvalue weighted by molar-refractivity contribution is -0.127. The van der Waals surface area contributed by atoms with E-state index in [0.717, 1.165) is 25.7 Å². The molecule has 2 atom stereocenters. The summed E-state index contributed by atoms with van der Waals surface area (Å²) in [7, 11) is 0. The maximum absolute atomic E-state index is 12.9. The minimum atomic E-state index is -1.45. The molecule has 2 heterocycles. The largest absolute Gasteiger partial charge is 0.478 e. The SMILES string of the molecule is NC(=O)C(O)[C@@H]1CCCCCCOc2ccnc(n2)-c2ccccc2C(=O)N1. The van der Waals surface area contributed by atoms with Crippen LogP contribution >= 0.6 is 0 Å². The van der Waals surface area contributed by atoms with Gasteiger partial charge in [-0.15, -0.1) is 0 Å². The molecular formula is C20H24N4O4. The Balaban J connectivity index is 1.96. The van der Waals surface area contributed by atoms with Crippen LogP contribution in [0.25, 0.3) is 11.4 Å². The third-order valence-corrected chi connectivity index (χ3v) is 4.69. The summed E-state index contributed by atoms with van der Waals surface area (Å²) >= 11 is 0. The number of primary amides is 1. The second-order valence-corrected chi connectivity index (χ2v) is 6.74. The smallest absolute Gasteiger partial charge is 0.252 e. The van der Waals surface area contributed by atoms with Crippen LogP contribution in [-0.2, 0) is 4.79 Å². The van der Waals surface area contributed by atoms with Crippen LogP contribution in [0.2, 0.25) is 0 Å². The topological polar surface area (TPSA) is 127 Å². The fourth-order valence-electron chi connectivity index (χ4n) is 3.18. The molecule has 3 rings (SSSR count). The summed E-state index contributed by atoms with van der Waals surface area (Å²) in [6.45, 7) is 0.530. The van der Waals surface area contributed by atoms with E-state index < -0.39 is 24.0 Å². The number of aliphatic hydroxyl groups is 1. The van der Waals surface area contributed by atoms with Gasteiger partial charge in [-0.1, -0.05) is 37.5 Å². The molecule has 0 saturated heterocycles. The molecule has 0 saturated carbocycles. The van der Waals surface area contributed by atoms with Gasteiger partial charge in [0.15, 0.2) is 11.9 Å². The van der Waals surface area contributed by atoms with Crippen LogP contribution in [0.4, 0.5) is 0 Å². The van der Waals surface area contributed by atoms with Gasteiger partial charge in [0.05, 0.1) is 18.2 Å². The number of benzene rings is 1. The van der Waals surface area contributed by atoms with Crippen LogP contribution in [0.15, 0.2) is 36.5 Å². The van der Waals surface area contributed by atoms with E-state index in [4.69, 9.17) is 10.5 Å². The molecular weight excluding hydrogens is 360 g/mol. The van der Waals surface area contributed by atoms with E-state index in [1.54, 1.807) is 36.5 Å². The third kappa shape index (κ3) is 4.83. The molecule has 4 N–H and O–H groups in total. The maximum Gasteiger partial charge on any atom is 0.252 e. The van der Waals surface area contributed by atoms with Crippen molar-refractivity contribution >= 4 is 11.8 Å². The van der Waals surface area contributed by atoms with Crippen LogP contribution in [0.3, 0.4) is 0 Å².